The standard InChI is InChI=1S/C18H15F4NO5S/c1-8-9(6-15(24)25)10-5-13(27-2)11(19)7-12(10)23(8)17(26)14-3-4-16(29-14)28-18(20,21)22/h3-5,12H,6-7H2,1-2H3,(H,24,25). The first kappa shape index (κ1) is 20.9. The van der Waals surface area contributed by atoms with Crippen molar-refractivity contribution in [1.29, 1.82) is 0 Å². The van der Waals surface area contributed by atoms with Crippen molar-refractivity contribution < 1.29 is 41.7 Å². The molecule has 0 saturated heterocycles. The van der Waals surface area contributed by atoms with Crippen LogP contribution in [0.15, 0.2) is 46.6 Å². The average molecular weight is 433 g/mol. The van der Waals surface area contributed by atoms with E-state index in [1.807, 2.05) is 0 Å². The maximum Gasteiger partial charge on any atom is 0.573 e. The molecule has 1 aliphatic heterocycles. The molecule has 2 aliphatic rings. The zero-order valence-electron chi connectivity index (χ0n) is 15.2. The number of hydrogen-bond acceptors (Lipinski definition) is 5. The summed E-state index contributed by atoms with van der Waals surface area (Å²) in [5.74, 6) is -2.48. The number of fused-ring (bicyclic) bond motifs is 1. The van der Waals surface area contributed by atoms with Crippen LogP contribution >= 0.6 is 11.3 Å². The Kier molecular flexibility index (Phi) is 5.44. The van der Waals surface area contributed by atoms with Crippen molar-refractivity contribution in [3.8, 4) is 5.06 Å². The zero-order chi connectivity index (χ0) is 21.5. The summed E-state index contributed by atoms with van der Waals surface area (Å²) in [7, 11) is 1.27. The molecule has 1 atom stereocenters. The number of alkyl halides is 3. The van der Waals surface area contributed by atoms with E-state index in [9.17, 15) is 32.3 Å². The first-order chi connectivity index (χ1) is 13.5. The minimum atomic E-state index is -4.90. The summed E-state index contributed by atoms with van der Waals surface area (Å²) >= 11 is 0.495. The number of hydrogen-bond donors (Lipinski definition) is 1. The predicted molar refractivity (Wildman–Crippen MR) is 93.8 cm³/mol. The number of amides is 1. The van der Waals surface area contributed by atoms with Crippen molar-refractivity contribution in [2.24, 2.45) is 0 Å². The largest absolute Gasteiger partial charge is 0.573 e. The highest BCUT2D eigenvalue weighted by Gasteiger charge is 2.42. The maximum atomic E-state index is 14.3. The fraction of sp³-hybridized carbons (Fsp3) is 0.333. The Morgan fingerprint density at radius 1 is 1.34 bits per heavy atom. The Balaban J connectivity index is 1.98. The van der Waals surface area contributed by atoms with Crippen LogP contribution in [0.5, 0.6) is 5.06 Å². The molecule has 11 heteroatoms. The lowest BCUT2D eigenvalue weighted by Gasteiger charge is -2.28. The monoisotopic (exact) mass is 433 g/mol. The lowest BCUT2D eigenvalue weighted by atomic mass is 9.92. The fourth-order valence-corrected chi connectivity index (χ4v) is 4.18. The molecule has 0 bridgehead atoms. The molecule has 0 saturated carbocycles. The summed E-state index contributed by atoms with van der Waals surface area (Å²) in [6.45, 7) is 1.51. The number of carbonyl (C=O) groups is 2. The van der Waals surface area contributed by atoms with Gasteiger partial charge in [0.2, 0.25) is 0 Å². The van der Waals surface area contributed by atoms with Crippen LogP contribution in [0.4, 0.5) is 17.6 Å². The fourth-order valence-electron chi connectivity index (χ4n) is 3.37. The third kappa shape index (κ3) is 4.14. The topological polar surface area (TPSA) is 76.1 Å². The van der Waals surface area contributed by atoms with Crippen LogP contribution in [-0.4, -0.2) is 41.4 Å². The molecule has 1 aliphatic carbocycles. The van der Waals surface area contributed by atoms with Crippen LogP contribution in [0.25, 0.3) is 0 Å². The Morgan fingerprint density at radius 2 is 2.03 bits per heavy atom. The number of thiophene rings is 1. The molecule has 29 heavy (non-hydrogen) atoms. The first-order valence-corrected chi connectivity index (χ1v) is 9.08. The molecule has 2 heterocycles. The number of allylic oxidation sites excluding steroid dienone is 2. The molecule has 1 aromatic heterocycles. The SMILES string of the molecule is COC1=C(F)CC2C(=C1)C(CC(=O)O)=C(C)N2C(=O)c1ccc(OC(F)(F)F)s1. The molecule has 156 valence electrons. The number of carboxylic acid groups (broad SMARTS) is 1. The molecule has 1 N–H and O–H groups in total. The molecular formula is C18H15F4NO5S. The van der Waals surface area contributed by atoms with Crippen LogP contribution in [0.1, 0.15) is 29.4 Å². The van der Waals surface area contributed by atoms with E-state index >= 15 is 0 Å². The molecular weight excluding hydrogens is 418 g/mol. The van der Waals surface area contributed by atoms with E-state index in [1.54, 1.807) is 0 Å². The molecule has 1 unspecified atom stereocenters. The van der Waals surface area contributed by atoms with E-state index in [-0.39, 0.29) is 17.1 Å². The number of methoxy groups -OCH3 is 1. The molecule has 3 rings (SSSR count). The van der Waals surface area contributed by atoms with Crippen molar-refractivity contribution >= 4 is 23.2 Å². The molecule has 0 fully saturated rings. The van der Waals surface area contributed by atoms with Crippen molar-refractivity contribution in [3.05, 3.63) is 51.5 Å². The predicted octanol–water partition coefficient (Wildman–Crippen LogP) is 4.38. The second-order valence-electron chi connectivity index (χ2n) is 6.27. The van der Waals surface area contributed by atoms with Crippen LogP contribution in [0, 0.1) is 0 Å². The number of carbonyl (C=O) groups excluding carboxylic acids is 1. The van der Waals surface area contributed by atoms with E-state index in [0.717, 1.165) is 6.07 Å². The van der Waals surface area contributed by atoms with Gasteiger partial charge < -0.3 is 19.5 Å². The molecule has 0 spiro atoms. The highest BCUT2D eigenvalue weighted by molar-refractivity contribution is 7.15. The number of halogens is 4. The number of rotatable bonds is 5. The lowest BCUT2D eigenvalue weighted by molar-refractivity contribution is -0.273. The third-order valence-corrected chi connectivity index (χ3v) is 5.47. The highest BCUT2D eigenvalue weighted by Crippen LogP contribution is 2.44. The Labute approximate surface area is 166 Å². The normalized spacial score (nSPS) is 19.3. The van der Waals surface area contributed by atoms with Crippen LogP contribution in [-0.2, 0) is 9.53 Å². The third-order valence-electron chi connectivity index (χ3n) is 4.52. The van der Waals surface area contributed by atoms with Gasteiger partial charge in [0, 0.05) is 12.1 Å². The average Bonchev–Trinajstić information content (AvgIpc) is 3.15. The Hall–Kier alpha value is -2.82. The number of aliphatic carboxylic acids is 1. The summed E-state index contributed by atoms with van der Waals surface area (Å²) in [6, 6.07) is 1.37. The van der Waals surface area contributed by atoms with Gasteiger partial charge >= 0.3 is 12.3 Å². The van der Waals surface area contributed by atoms with E-state index in [0.29, 0.717) is 28.2 Å². The van der Waals surface area contributed by atoms with Crippen LogP contribution < -0.4 is 4.74 Å². The van der Waals surface area contributed by atoms with Gasteiger partial charge in [0.25, 0.3) is 5.91 Å². The van der Waals surface area contributed by atoms with Gasteiger partial charge in [-0.15, -0.1) is 13.2 Å². The van der Waals surface area contributed by atoms with E-state index in [1.165, 1.54) is 31.1 Å². The van der Waals surface area contributed by atoms with Crippen molar-refractivity contribution in [2.45, 2.75) is 32.2 Å². The second kappa shape index (κ2) is 7.54. The van der Waals surface area contributed by atoms with Crippen molar-refractivity contribution in [3.63, 3.8) is 0 Å². The van der Waals surface area contributed by atoms with Gasteiger partial charge in [-0.2, -0.15) is 0 Å². The zero-order valence-corrected chi connectivity index (χ0v) is 16.0. The maximum absolute atomic E-state index is 14.3. The van der Waals surface area contributed by atoms with Gasteiger partial charge in [-0.25, -0.2) is 4.39 Å². The van der Waals surface area contributed by atoms with Gasteiger partial charge in [-0.3, -0.25) is 9.59 Å². The van der Waals surface area contributed by atoms with E-state index in [2.05, 4.69) is 4.74 Å². The number of ether oxygens (including phenoxy) is 2. The molecule has 6 nitrogen and oxygen atoms in total. The van der Waals surface area contributed by atoms with Crippen molar-refractivity contribution in [2.75, 3.05) is 7.11 Å². The van der Waals surface area contributed by atoms with Crippen molar-refractivity contribution in [1.82, 2.24) is 4.90 Å². The summed E-state index contributed by atoms with van der Waals surface area (Å²) in [4.78, 5) is 25.4. The minimum Gasteiger partial charge on any atom is -0.494 e. The summed E-state index contributed by atoms with van der Waals surface area (Å²) in [5.41, 5.74) is 1.06. The first-order valence-electron chi connectivity index (χ1n) is 8.27. The summed E-state index contributed by atoms with van der Waals surface area (Å²) in [6.07, 6.45) is -4.18. The second-order valence-corrected chi connectivity index (χ2v) is 7.32. The summed E-state index contributed by atoms with van der Waals surface area (Å²) < 4.78 is 60.2. The number of carboxylic acids is 1. The molecule has 0 aromatic carbocycles. The molecule has 1 aromatic rings. The van der Waals surface area contributed by atoms with Crippen LogP contribution in [0.2, 0.25) is 0 Å². The molecule has 0 radical (unpaired) electrons. The Morgan fingerprint density at radius 3 is 2.62 bits per heavy atom. The quantitative estimate of drug-likeness (QED) is 0.698. The van der Waals surface area contributed by atoms with Gasteiger partial charge in [-0.1, -0.05) is 11.3 Å². The van der Waals surface area contributed by atoms with Gasteiger partial charge in [0.05, 0.1) is 24.4 Å². The molecule has 1 amide bonds. The van der Waals surface area contributed by atoms with E-state index in [4.69, 9.17) is 4.74 Å². The lowest BCUT2D eigenvalue weighted by Crippen LogP contribution is -2.36. The van der Waals surface area contributed by atoms with Gasteiger partial charge in [0.1, 0.15) is 5.83 Å². The van der Waals surface area contributed by atoms with E-state index < -0.39 is 41.6 Å². The minimum absolute atomic E-state index is 0.0542. The smallest absolute Gasteiger partial charge is 0.494 e. The van der Waals surface area contributed by atoms with Gasteiger partial charge in [0.15, 0.2) is 10.8 Å². The van der Waals surface area contributed by atoms with Crippen LogP contribution in [0.3, 0.4) is 0 Å². The summed E-state index contributed by atoms with van der Waals surface area (Å²) in [5, 5.41) is 8.69. The highest BCUT2D eigenvalue weighted by atomic mass is 32.1. The number of nitrogens with zero attached hydrogens (tertiary/aromatic N) is 1. The Bertz CT molecular complexity index is 960. The van der Waals surface area contributed by atoms with Gasteiger partial charge in [-0.05, 0) is 36.3 Å².